The maximum atomic E-state index is 12.7. The summed E-state index contributed by atoms with van der Waals surface area (Å²) in [5.74, 6) is 2.10. The Morgan fingerprint density at radius 2 is 1.76 bits per heavy atom. The van der Waals surface area contributed by atoms with Crippen LogP contribution >= 0.6 is 0 Å². The third-order valence-corrected chi connectivity index (χ3v) is 5.05. The van der Waals surface area contributed by atoms with E-state index in [2.05, 4.69) is 54.9 Å². The number of amides is 1. The van der Waals surface area contributed by atoms with Gasteiger partial charge in [-0.1, -0.05) is 6.07 Å². The van der Waals surface area contributed by atoms with Gasteiger partial charge in [-0.25, -0.2) is 14.6 Å². The summed E-state index contributed by atoms with van der Waals surface area (Å²) in [6.07, 6.45) is 1.48. The lowest BCUT2D eigenvalue weighted by molar-refractivity contribution is 0.102. The van der Waals surface area contributed by atoms with E-state index >= 15 is 0 Å². The first-order chi connectivity index (χ1) is 16.1. The highest BCUT2D eigenvalue weighted by Crippen LogP contribution is 2.22. The molecular weight excluding hydrogens is 418 g/mol. The average molecular weight is 444 g/mol. The van der Waals surface area contributed by atoms with Gasteiger partial charge in [0.15, 0.2) is 0 Å². The number of benzene rings is 2. The number of carbonyl (C=O) groups excluding carboxylic acids is 1. The molecule has 2 heterocycles. The Labute approximate surface area is 191 Å². The van der Waals surface area contributed by atoms with Crippen LogP contribution in [0.15, 0.2) is 60.9 Å². The maximum Gasteiger partial charge on any atom is 0.255 e. The maximum absolute atomic E-state index is 12.7. The molecule has 0 aliphatic rings. The lowest BCUT2D eigenvalue weighted by Crippen LogP contribution is -2.23. The van der Waals surface area contributed by atoms with Crippen molar-refractivity contribution >= 4 is 28.9 Å². The van der Waals surface area contributed by atoms with Gasteiger partial charge in [0.1, 0.15) is 23.8 Å². The molecule has 0 aliphatic heterocycles. The zero-order valence-corrected chi connectivity index (χ0v) is 18.7. The molecule has 2 aromatic heterocycles. The van der Waals surface area contributed by atoms with Gasteiger partial charge in [-0.3, -0.25) is 4.79 Å². The molecule has 168 valence electrons. The molecule has 0 atom stereocenters. The van der Waals surface area contributed by atoms with Crippen LogP contribution in [-0.2, 0) is 0 Å². The van der Waals surface area contributed by atoms with E-state index in [0.29, 0.717) is 22.8 Å². The highest BCUT2D eigenvalue weighted by atomic mass is 16.1. The summed E-state index contributed by atoms with van der Waals surface area (Å²) in [5.41, 5.74) is 2.75. The van der Waals surface area contributed by atoms with Gasteiger partial charge >= 0.3 is 0 Å². The summed E-state index contributed by atoms with van der Waals surface area (Å²) >= 11 is 0. The van der Waals surface area contributed by atoms with Crippen molar-refractivity contribution in [3.8, 4) is 5.69 Å². The quantitative estimate of drug-likeness (QED) is 0.425. The van der Waals surface area contributed by atoms with E-state index in [4.69, 9.17) is 0 Å². The summed E-state index contributed by atoms with van der Waals surface area (Å²) in [7, 11) is 0. The largest absolute Gasteiger partial charge is 0.357 e. The molecule has 0 aliphatic carbocycles. The summed E-state index contributed by atoms with van der Waals surface area (Å²) in [6, 6.07) is 16.5. The zero-order valence-electron chi connectivity index (χ0n) is 18.7. The Bertz CT molecular complexity index is 1220. The number of nitrogens with one attached hydrogen (secondary N) is 2. The second-order valence-electron chi connectivity index (χ2n) is 7.29. The van der Waals surface area contributed by atoms with Crippen LogP contribution < -0.4 is 15.5 Å². The fourth-order valence-corrected chi connectivity index (χ4v) is 3.38. The number of rotatable bonds is 8. The summed E-state index contributed by atoms with van der Waals surface area (Å²) in [5, 5.41) is 17.3. The molecule has 2 N–H and O–H groups in total. The van der Waals surface area contributed by atoms with Crippen LogP contribution in [0.5, 0.6) is 0 Å². The minimum Gasteiger partial charge on any atom is -0.357 e. The van der Waals surface area contributed by atoms with Gasteiger partial charge < -0.3 is 15.5 Å². The van der Waals surface area contributed by atoms with Gasteiger partial charge in [0.25, 0.3) is 5.91 Å². The van der Waals surface area contributed by atoms with Gasteiger partial charge in [0, 0.05) is 36.1 Å². The number of aryl methyl sites for hydroxylation is 1. The fourth-order valence-electron chi connectivity index (χ4n) is 3.38. The van der Waals surface area contributed by atoms with Crippen molar-refractivity contribution < 1.29 is 4.79 Å². The van der Waals surface area contributed by atoms with E-state index in [-0.39, 0.29) is 5.91 Å². The van der Waals surface area contributed by atoms with Crippen molar-refractivity contribution in [2.24, 2.45) is 0 Å². The van der Waals surface area contributed by atoms with E-state index in [1.54, 1.807) is 18.2 Å². The first-order valence-corrected chi connectivity index (χ1v) is 10.7. The number of nitrogens with zero attached hydrogens (tertiary/aromatic N) is 7. The van der Waals surface area contributed by atoms with Gasteiger partial charge in [-0.15, -0.1) is 5.10 Å². The molecule has 0 spiro atoms. The van der Waals surface area contributed by atoms with Crippen molar-refractivity contribution in [1.82, 2.24) is 30.2 Å². The SMILES string of the molecule is CCN(CC)c1cc(Nc2ccc(NC(=O)c3cccc(-n4cnnn4)c3)cc2)nc(C)n1. The van der Waals surface area contributed by atoms with Crippen LogP contribution in [0, 0.1) is 6.92 Å². The molecule has 0 fully saturated rings. The van der Waals surface area contributed by atoms with Crippen LogP contribution in [0.4, 0.5) is 23.0 Å². The van der Waals surface area contributed by atoms with Crippen molar-refractivity contribution in [3.05, 3.63) is 72.3 Å². The number of hydrogen-bond acceptors (Lipinski definition) is 8. The molecule has 0 saturated carbocycles. The number of anilines is 4. The predicted molar refractivity (Wildman–Crippen MR) is 127 cm³/mol. The number of carbonyl (C=O) groups is 1. The van der Waals surface area contributed by atoms with Gasteiger partial charge in [0.05, 0.1) is 5.69 Å². The zero-order chi connectivity index (χ0) is 23.2. The fraction of sp³-hybridized carbons (Fsp3) is 0.217. The molecule has 0 saturated heterocycles. The normalized spacial score (nSPS) is 10.6. The third-order valence-electron chi connectivity index (χ3n) is 5.05. The van der Waals surface area contributed by atoms with Gasteiger partial charge in [0.2, 0.25) is 0 Å². The van der Waals surface area contributed by atoms with Gasteiger partial charge in [-0.2, -0.15) is 0 Å². The van der Waals surface area contributed by atoms with Crippen LogP contribution in [-0.4, -0.2) is 49.2 Å². The molecule has 0 radical (unpaired) electrons. The standard InChI is InChI=1S/C23H25N9O/c1-4-31(5-2)22-14-21(25-16(3)26-22)27-18-9-11-19(12-10-18)28-23(33)17-7-6-8-20(13-17)32-15-24-29-30-32/h6-15H,4-5H2,1-3H3,(H,28,33)(H,25,26,27). The van der Waals surface area contributed by atoms with Crippen LogP contribution in [0.1, 0.15) is 30.0 Å². The van der Waals surface area contributed by atoms with Crippen molar-refractivity contribution in [2.45, 2.75) is 20.8 Å². The minimum absolute atomic E-state index is 0.221. The monoisotopic (exact) mass is 443 g/mol. The number of hydrogen-bond donors (Lipinski definition) is 2. The molecule has 1 amide bonds. The van der Waals surface area contributed by atoms with E-state index in [1.165, 1.54) is 11.0 Å². The van der Waals surface area contributed by atoms with E-state index in [0.717, 1.165) is 30.4 Å². The Kier molecular flexibility index (Phi) is 6.53. The first-order valence-electron chi connectivity index (χ1n) is 10.7. The summed E-state index contributed by atoms with van der Waals surface area (Å²) in [4.78, 5) is 23.9. The number of aromatic nitrogens is 6. The first kappa shape index (κ1) is 21.9. The van der Waals surface area contributed by atoms with Crippen LogP contribution in [0.25, 0.3) is 5.69 Å². The smallest absolute Gasteiger partial charge is 0.255 e. The molecular formula is C23H25N9O. The highest BCUT2D eigenvalue weighted by Gasteiger charge is 2.10. The second kappa shape index (κ2) is 9.86. The minimum atomic E-state index is -0.221. The molecule has 10 heteroatoms. The van der Waals surface area contributed by atoms with Crippen molar-refractivity contribution in [2.75, 3.05) is 28.6 Å². The predicted octanol–water partition coefficient (Wildman–Crippen LogP) is 3.60. The summed E-state index contributed by atoms with van der Waals surface area (Å²) < 4.78 is 1.50. The Morgan fingerprint density at radius 1 is 1.00 bits per heavy atom. The molecule has 10 nitrogen and oxygen atoms in total. The third kappa shape index (κ3) is 5.29. The van der Waals surface area contributed by atoms with Crippen LogP contribution in [0.3, 0.4) is 0 Å². The highest BCUT2D eigenvalue weighted by molar-refractivity contribution is 6.04. The van der Waals surface area contributed by atoms with Crippen molar-refractivity contribution in [1.29, 1.82) is 0 Å². The number of tetrazole rings is 1. The molecule has 4 rings (SSSR count). The molecule has 2 aromatic carbocycles. The Balaban J connectivity index is 1.44. The molecule has 0 unspecified atom stereocenters. The topological polar surface area (TPSA) is 114 Å². The van der Waals surface area contributed by atoms with E-state index < -0.39 is 0 Å². The molecule has 0 bridgehead atoms. The van der Waals surface area contributed by atoms with E-state index in [1.807, 2.05) is 43.3 Å². The molecule has 4 aromatic rings. The lowest BCUT2D eigenvalue weighted by Gasteiger charge is -2.20. The Hall–Kier alpha value is -4.34. The second-order valence-corrected chi connectivity index (χ2v) is 7.29. The van der Waals surface area contributed by atoms with Crippen molar-refractivity contribution in [3.63, 3.8) is 0 Å². The molecule has 33 heavy (non-hydrogen) atoms. The Morgan fingerprint density at radius 3 is 2.45 bits per heavy atom. The van der Waals surface area contributed by atoms with Crippen LogP contribution in [0.2, 0.25) is 0 Å². The lowest BCUT2D eigenvalue weighted by atomic mass is 10.2. The average Bonchev–Trinajstić information content (AvgIpc) is 3.36. The summed E-state index contributed by atoms with van der Waals surface area (Å²) in [6.45, 7) is 7.83. The van der Waals surface area contributed by atoms with Gasteiger partial charge in [-0.05, 0) is 73.7 Å². The van der Waals surface area contributed by atoms with E-state index in [9.17, 15) is 4.79 Å².